The molecule has 3 amide bonds. The van der Waals surface area contributed by atoms with Crippen molar-refractivity contribution >= 4 is 45.7 Å². The summed E-state index contributed by atoms with van der Waals surface area (Å²) in [6, 6.07) is 20.3. The van der Waals surface area contributed by atoms with Crippen molar-refractivity contribution in [3.8, 4) is 22.7 Å². The van der Waals surface area contributed by atoms with E-state index in [1.54, 1.807) is 61.6 Å². The van der Waals surface area contributed by atoms with Crippen LogP contribution in [0.15, 0.2) is 83.5 Å². The van der Waals surface area contributed by atoms with E-state index < -0.39 is 11.8 Å². The summed E-state index contributed by atoms with van der Waals surface area (Å²) in [6.45, 7) is 3.84. The van der Waals surface area contributed by atoms with Gasteiger partial charge in [-0.1, -0.05) is 0 Å². The lowest BCUT2D eigenvalue weighted by Gasteiger charge is -2.29. The zero-order valence-electron chi connectivity index (χ0n) is 23.6. The molecule has 6 rings (SSSR count). The summed E-state index contributed by atoms with van der Waals surface area (Å²) >= 11 is 0. The summed E-state index contributed by atoms with van der Waals surface area (Å²) in [5.74, 6) is 1.02. The second kappa shape index (κ2) is 11.9. The highest BCUT2D eigenvalue weighted by molar-refractivity contribution is 6.00. The van der Waals surface area contributed by atoms with E-state index in [1.165, 1.54) is 24.2 Å². The number of nitrogens with zero attached hydrogens (tertiary/aromatic N) is 4. The van der Waals surface area contributed by atoms with Gasteiger partial charge < -0.3 is 29.6 Å². The van der Waals surface area contributed by atoms with Gasteiger partial charge in [0, 0.05) is 55.1 Å². The van der Waals surface area contributed by atoms with Gasteiger partial charge in [-0.2, -0.15) is 0 Å². The third-order valence-electron chi connectivity index (χ3n) is 7.25. The summed E-state index contributed by atoms with van der Waals surface area (Å²) in [5.41, 5.74) is 3.52. The molecule has 10 nitrogen and oxygen atoms in total. The van der Waals surface area contributed by atoms with Crippen LogP contribution in [0.3, 0.4) is 0 Å². The van der Waals surface area contributed by atoms with Gasteiger partial charge in [0.05, 0.1) is 30.6 Å². The standard InChI is InChI=1S/C32H29FN6O4/c1-20(40)38(2)24-11-9-23(10-12-24)35-32(41)34-22-7-5-21(6-8-22)30-36-28-19-25(29-4-3-15-43-29)27(33)18-26(28)31(37-30)39-13-16-42-17-14-39/h3-12,15,18-19H,13-14,16-17H2,1-2H3,(H2,34,35,41). The maximum Gasteiger partial charge on any atom is 0.323 e. The zero-order valence-corrected chi connectivity index (χ0v) is 23.6. The van der Waals surface area contributed by atoms with Crippen LogP contribution in [0.2, 0.25) is 0 Å². The summed E-state index contributed by atoms with van der Waals surface area (Å²) in [5, 5.41) is 6.21. The van der Waals surface area contributed by atoms with Gasteiger partial charge in [-0.05, 0) is 72.8 Å². The fourth-order valence-corrected chi connectivity index (χ4v) is 4.85. The summed E-state index contributed by atoms with van der Waals surface area (Å²) in [6.07, 6.45) is 1.50. The average Bonchev–Trinajstić information content (AvgIpc) is 3.56. The maximum absolute atomic E-state index is 15.2. The Bertz CT molecular complexity index is 1770. The van der Waals surface area contributed by atoms with Gasteiger partial charge in [0.1, 0.15) is 17.4 Å². The number of rotatable bonds is 6. The molecule has 0 saturated carbocycles. The van der Waals surface area contributed by atoms with E-state index >= 15 is 4.39 Å². The first kappa shape index (κ1) is 27.9. The maximum atomic E-state index is 15.2. The van der Waals surface area contributed by atoms with Crippen LogP contribution < -0.4 is 20.4 Å². The van der Waals surface area contributed by atoms with E-state index in [1.807, 2.05) is 12.1 Å². The zero-order chi connectivity index (χ0) is 29.9. The molecule has 1 aliphatic heterocycles. The molecule has 0 radical (unpaired) electrons. The number of morpholine rings is 1. The number of halogens is 1. The third kappa shape index (κ3) is 6.02. The molecule has 5 aromatic rings. The number of hydrogen-bond donors (Lipinski definition) is 2. The number of anilines is 4. The first-order chi connectivity index (χ1) is 20.9. The number of ether oxygens (including phenoxy) is 1. The van der Waals surface area contributed by atoms with Crippen LogP contribution in [0.4, 0.5) is 32.1 Å². The van der Waals surface area contributed by atoms with Gasteiger partial charge in [-0.15, -0.1) is 0 Å². The Balaban J connectivity index is 1.24. The molecule has 3 heterocycles. The van der Waals surface area contributed by atoms with Crippen molar-refractivity contribution in [3.05, 3.63) is 84.9 Å². The summed E-state index contributed by atoms with van der Waals surface area (Å²) in [4.78, 5) is 37.4. The lowest BCUT2D eigenvalue weighted by Crippen LogP contribution is -2.37. The normalized spacial score (nSPS) is 13.1. The topological polar surface area (TPSA) is 113 Å². The van der Waals surface area contributed by atoms with Crippen LogP contribution >= 0.6 is 0 Å². The highest BCUT2D eigenvalue weighted by Gasteiger charge is 2.21. The number of carbonyl (C=O) groups is 2. The molecule has 2 N–H and O–H groups in total. The van der Waals surface area contributed by atoms with Crippen LogP contribution in [0.5, 0.6) is 0 Å². The molecule has 0 atom stereocenters. The van der Waals surface area contributed by atoms with E-state index in [9.17, 15) is 9.59 Å². The molecule has 0 aliphatic carbocycles. The van der Waals surface area contributed by atoms with E-state index in [4.69, 9.17) is 19.1 Å². The first-order valence-corrected chi connectivity index (χ1v) is 13.8. The number of hydrogen-bond acceptors (Lipinski definition) is 7. The minimum Gasteiger partial charge on any atom is -0.464 e. The highest BCUT2D eigenvalue weighted by atomic mass is 19.1. The molecule has 0 unspecified atom stereocenters. The number of amides is 3. The Kier molecular flexibility index (Phi) is 7.71. The smallest absolute Gasteiger partial charge is 0.323 e. The lowest BCUT2D eigenvalue weighted by atomic mass is 10.1. The van der Waals surface area contributed by atoms with E-state index in [2.05, 4.69) is 15.5 Å². The molecule has 43 heavy (non-hydrogen) atoms. The average molecular weight is 581 g/mol. The number of fused-ring (bicyclic) bond motifs is 1. The molecular formula is C32H29FN6O4. The summed E-state index contributed by atoms with van der Waals surface area (Å²) in [7, 11) is 1.69. The number of aromatic nitrogens is 2. The van der Waals surface area contributed by atoms with Gasteiger partial charge in [0.25, 0.3) is 0 Å². The largest absolute Gasteiger partial charge is 0.464 e. The van der Waals surface area contributed by atoms with Crippen molar-refractivity contribution < 1.29 is 23.1 Å². The molecule has 2 aromatic heterocycles. The van der Waals surface area contributed by atoms with Crippen molar-refractivity contribution in [1.82, 2.24) is 9.97 Å². The SMILES string of the molecule is CC(=O)N(C)c1ccc(NC(=O)Nc2ccc(-c3nc(N4CCOCC4)c4cc(F)c(-c5ccco5)cc4n3)cc2)cc1. The lowest BCUT2D eigenvalue weighted by molar-refractivity contribution is -0.116. The predicted molar refractivity (Wildman–Crippen MR) is 164 cm³/mol. The predicted octanol–water partition coefficient (Wildman–Crippen LogP) is 6.16. The van der Waals surface area contributed by atoms with Crippen molar-refractivity contribution in [3.63, 3.8) is 0 Å². The summed E-state index contributed by atoms with van der Waals surface area (Å²) < 4.78 is 26.2. The number of urea groups is 1. The van der Waals surface area contributed by atoms with Crippen molar-refractivity contribution in [2.45, 2.75) is 6.92 Å². The van der Waals surface area contributed by atoms with E-state index in [0.717, 1.165) is 11.3 Å². The monoisotopic (exact) mass is 580 g/mol. The molecule has 0 spiro atoms. The second-order valence-corrected chi connectivity index (χ2v) is 10.1. The van der Waals surface area contributed by atoms with Gasteiger partial charge >= 0.3 is 6.03 Å². The number of benzene rings is 3. The van der Waals surface area contributed by atoms with E-state index in [0.29, 0.717) is 71.5 Å². The Morgan fingerprint density at radius 1 is 0.930 bits per heavy atom. The molecule has 1 saturated heterocycles. The second-order valence-electron chi connectivity index (χ2n) is 10.1. The Labute approximate surface area is 247 Å². The number of furan rings is 1. The van der Waals surface area contributed by atoms with Crippen molar-refractivity contribution in [2.75, 3.05) is 53.8 Å². The Morgan fingerprint density at radius 2 is 1.60 bits per heavy atom. The number of nitrogens with one attached hydrogen (secondary N) is 2. The van der Waals surface area contributed by atoms with Crippen molar-refractivity contribution in [1.29, 1.82) is 0 Å². The minimum absolute atomic E-state index is 0.0826. The minimum atomic E-state index is -0.415. The van der Waals surface area contributed by atoms with Crippen molar-refractivity contribution in [2.24, 2.45) is 0 Å². The van der Waals surface area contributed by atoms with E-state index in [-0.39, 0.29) is 5.91 Å². The van der Waals surface area contributed by atoms with Crippen LogP contribution in [0.1, 0.15) is 6.92 Å². The molecule has 0 bridgehead atoms. The van der Waals surface area contributed by atoms with Crippen LogP contribution in [0, 0.1) is 5.82 Å². The molecule has 3 aromatic carbocycles. The third-order valence-corrected chi connectivity index (χ3v) is 7.25. The van der Waals surface area contributed by atoms with Gasteiger partial charge in [0.2, 0.25) is 5.91 Å². The molecular weight excluding hydrogens is 551 g/mol. The van der Waals surface area contributed by atoms with Gasteiger partial charge in [-0.25, -0.2) is 19.2 Å². The fraction of sp³-hybridized carbons (Fsp3) is 0.188. The highest BCUT2D eigenvalue weighted by Crippen LogP contribution is 2.34. The molecule has 1 aliphatic rings. The number of carbonyl (C=O) groups excluding carboxylic acids is 2. The molecule has 218 valence electrons. The fourth-order valence-electron chi connectivity index (χ4n) is 4.85. The molecule has 11 heteroatoms. The van der Waals surface area contributed by atoms with Crippen LogP contribution in [0.25, 0.3) is 33.6 Å². The van der Waals surface area contributed by atoms with Crippen LogP contribution in [-0.2, 0) is 9.53 Å². The van der Waals surface area contributed by atoms with Gasteiger partial charge in [0.15, 0.2) is 5.82 Å². The Morgan fingerprint density at radius 3 is 2.23 bits per heavy atom. The quantitative estimate of drug-likeness (QED) is 0.247. The first-order valence-electron chi connectivity index (χ1n) is 13.8. The van der Waals surface area contributed by atoms with Crippen LogP contribution in [-0.4, -0.2) is 55.3 Å². The Hall–Kier alpha value is -5.29. The molecule has 1 fully saturated rings. The van der Waals surface area contributed by atoms with Gasteiger partial charge in [-0.3, -0.25) is 4.79 Å².